The number of methoxy groups -OCH3 is 3. The van der Waals surface area contributed by atoms with Crippen LogP contribution in [0.15, 0.2) is 0 Å². The Morgan fingerprint density at radius 2 is 1.44 bits per heavy atom. The smallest absolute Gasteiger partial charge is 0.353 e. The van der Waals surface area contributed by atoms with Gasteiger partial charge < -0.3 is 28.4 Å². The summed E-state index contributed by atoms with van der Waals surface area (Å²) < 4.78 is 31.9. The SMILES string of the molecule is COC(=O)[C@H]1OC(C(=O)OC)(C(=O)OC)[C@@H]2OC3(CCCCC3)O[C@H]12. The fourth-order valence-corrected chi connectivity index (χ4v) is 3.84. The van der Waals surface area contributed by atoms with Crippen LogP contribution in [-0.4, -0.2) is 68.9 Å². The molecular weight excluding hydrogens is 336 g/mol. The Balaban J connectivity index is 2.03. The van der Waals surface area contributed by atoms with Crippen molar-refractivity contribution < 1.29 is 42.8 Å². The molecule has 0 aromatic carbocycles. The summed E-state index contributed by atoms with van der Waals surface area (Å²) in [6.45, 7) is 0. The first kappa shape index (κ1) is 18.1. The maximum atomic E-state index is 12.5. The second kappa shape index (κ2) is 6.54. The third kappa shape index (κ3) is 2.61. The van der Waals surface area contributed by atoms with Crippen molar-refractivity contribution in [2.45, 2.75) is 61.8 Å². The summed E-state index contributed by atoms with van der Waals surface area (Å²) in [6.07, 6.45) is 0.588. The quantitative estimate of drug-likeness (QED) is 0.394. The Kier molecular flexibility index (Phi) is 4.74. The molecule has 0 N–H and O–H groups in total. The van der Waals surface area contributed by atoms with E-state index in [4.69, 9.17) is 28.4 Å². The van der Waals surface area contributed by atoms with Crippen LogP contribution in [0.1, 0.15) is 32.1 Å². The van der Waals surface area contributed by atoms with Gasteiger partial charge in [0.15, 0.2) is 11.9 Å². The normalized spacial score (nSPS) is 32.0. The standard InChI is InChI=1S/C16H22O9/c1-20-12(17)10-9-11(25-15(23-9)7-5-4-6-8-15)16(24-10,13(18)21-2)14(19)22-3/h9-11H,4-8H2,1-3H3/t9-,10+,11-/m1/s1. The minimum atomic E-state index is -2.23. The second-order valence-electron chi connectivity index (χ2n) is 6.37. The number of hydrogen-bond acceptors (Lipinski definition) is 9. The molecule has 3 atom stereocenters. The summed E-state index contributed by atoms with van der Waals surface area (Å²) in [5.41, 5.74) is -2.23. The average Bonchev–Trinajstić information content (AvgIpc) is 3.14. The van der Waals surface area contributed by atoms with Gasteiger partial charge in [0.25, 0.3) is 5.60 Å². The Labute approximate surface area is 144 Å². The van der Waals surface area contributed by atoms with Gasteiger partial charge in [0.05, 0.1) is 21.3 Å². The predicted octanol–water partition coefficient (Wildman–Crippen LogP) is 0.0874. The molecule has 9 nitrogen and oxygen atoms in total. The van der Waals surface area contributed by atoms with Crippen LogP contribution in [0, 0.1) is 0 Å². The number of rotatable bonds is 3. The molecule has 0 aromatic heterocycles. The van der Waals surface area contributed by atoms with Gasteiger partial charge >= 0.3 is 17.9 Å². The third-order valence-corrected chi connectivity index (χ3v) is 5.03. The van der Waals surface area contributed by atoms with Gasteiger partial charge in [-0.25, -0.2) is 14.4 Å². The molecule has 0 bridgehead atoms. The van der Waals surface area contributed by atoms with Crippen molar-refractivity contribution in [2.24, 2.45) is 0 Å². The molecule has 0 radical (unpaired) electrons. The molecule has 1 saturated carbocycles. The zero-order valence-corrected chi connectivity index (χ0v) is 14.4. The lowest BCUT2D eigenvalue weighted by molar-refractivity contribution is -0.244. The molecular formula is C16H22O9. The van der Waals surface area contributed by atoms with Gasteiger partial charge in [0.2, 0.25) is 0 Å². The van der Waals surface area contributed by atoms with E-state index in [9.17, 15) is 14.4 Å². The van der Waals surface area contributed by atoms with Crippen LogP contribution in [0.2, 0.25) is 0 Å². The van der Waals surface area contributed by atoms with Crippen LogP contribution in [0.25, 0.3) is 0 Å². The van der Waals surface area contributed by atoms with Crippen LogP contribution >= 0.6 is 0 Å². The molecule has 9 heteroatoms. The van der Waals surface area contributed by atoms with E-state index in [0.29, 0.717) is 12.8 Å². The van der Waals surface area contributed by atoms with Gasteiger partial charge in [-0.05, 0) is 12.8 Å². The van der Waals surface area contributed by atoms with E-state index in [2.05, 4.69) is 0 Å². The molecule has 3 aliphatic rings. The maximum absolute atomic E-state index is 12.5. The first-order valence-corrected chi connectivity index (χ1v) is 8.22. The lowest BCUT2D eigenvalue weighted by Crippen LogP contribution is -2.57. The summed E-state index contributed by atoms with van der Waals surface area (Å²) in [7, 11) is 3.41. The lowest BCUT2D eigenvalue weighted by Gasteiger charge is -2.35. The number of fused-ring (bicyclic) bond motifs is 1. The maximum Gasteiger partial charge on any atom is 0.353 e. The van der Waals surface area contributed by atoms with Crippen LogP contribution in [-0.2, 0) is 42.8 Å². The fraction of sp³-hybridized carbons (Fsp3) is 0.812. The number of carbonyl (C=O) groups excluding carboxylic acids is 3. The number of ether oxygens (including phenoxy) is 6. The van der Waals surface area contributed by atoms with Crippen LogP contribution in [0.4, 0.5) is 0 Å². The van der Waals surface area contributed by atoms with Crippen molar-refractivity contribution in [1.82, 2.24) is 0 Å². The lowest BCUT2D eigenvalue weighted by atomic mass is 9.93. The van der Waals surface area contributed by atoms with Crippen molar-refractivity contribution in [3.63, 3.8) is 0 Å². The van der Waals surface area contributed by atoms with Gasteiger partial charge in [-0.2, -0.15) is 0 Å². The van der Waals surface area contributed by atoms with E-state index in [1.807, 2.05) is 0 Å². The molecule has 140 valence electrons. The molecule has 3 rings (SSSR count). The minimum Gasteiger partial charge on any atom is -0.467 e. The third-order valence-electron chi connectivity index (χ3n) is 5.03. The summed E-state index contributed by atoms with van der Waals surface area (Å²) in [5.74, 6) is -3.72. The van der Waals surface area contributed by atoms with Crippen molar-refractivity contribution in [1.29, 1.82) is 0 Å². The van der Waals surface area contributed by atoms with Crippen LogP contribution in [0.5, 0.6) is 0 Å². The fourth-order valence-electron chi connectivity index (χ4n) is 3.84. The second-order valence-corrected chi connectivity index (χ2v) is 6.37. The Morgan fingerprint density at radius 3 is 1.96 bits per heavy atom. The average molecular weight is 358 g/mol. The first-order valence-electron chi connectivity index (χ1n) is 8.22. The van der Waals surface area contributed by atoms with Crippen molar-refractivity contribution in [3.8, 4) is 0 Å². The van der Waals surface area contributed by atoms with E-state index in [1.165, 1.54) is 7.11 Å². The predicted molar refractivity (Wildman–Crippen MR) is 79.2 cm³/mol. The monoisotopic (exact) mass is 358 g/mol. The highest BCUT2D eigenvalue weighted by Crippen LogP contribution is 2.50. The van der Waals surface area contributed by atoms with Gasteiger partial charge in [-0.3, -0.25) is 0 Å². The molecule has 3 fully saturated rings. The van der Waals surface area contributed by atoms with Crippen molar-refractivity contribution in [2.75, 3.05) is 21.3 Å². The molecule has 0 aromatic rings. The Hall–Kier alpha value is -1.71. The number of hydrogen-bond donors (Lipinski definition) is 0. The van der Waals surface area contributed by atoms with E-state index in [1.54, 1.807) is 0 Å². The molecule has 2 aliphatic heterocycles. The summed E-state index contributed by atoms with van der Waals surface area (Å²) in [4.78, 5) is 37.1. The highest BCUT2D eigenvalue weighted by atomic mass is 16.8. The Bertz CT molecular complexity index is 550. The van der Waals surface area contributed by atoms with Crippen LogP contribution < -0.4 is 0 Å². The van der Waals surface area contributed by atoms with E-state index >= 15 is 0 Å². The van der Waals surface area contributed by atoms with E-state index in [-0.39, 0.29) is 0 Å². The molecule has 1 aliphatic carbocycles. The molecule has 2 saturated heterocycles. The highest BCUT2D eigenvalue weighted by Gasteiger charge is 2.74. The minimum absolute atomic E-state index is 0.603. The molecule has 0 amide bonds. The Morgan fingerprint density at radius 1 is 0.840 bits per heavy atom. The van der Waals surface area contributed by atoms with Gasteiger partial charge in [0.1, 0.15) is 12.2 Å². The van der Waals surface area contributed by atoms with E-state index in [0.717, 1.165) is 33.5 Å². The van der Waals surface area contributed by atoms with Crippen LogP contribution in [0.3, 0.4) is 0 Å². The van der Waals surface area contributed by atoms with Crippen molar-refractivity contribution >= 4 is 17.9 Å². The highest BCUT2D eigenvalue weighted by molar-refractivity contribution is 6.05. The molecule has 0 unspecified atom stereocenters. The first-order chi connectivity index (χ1) is 11.9. The summed E-state index contributed by atoms with van der Waals surface area (Å²) in [5, 5.41) is 0. The molecule has 2 heterocycles. The van der Waals surface area contributed by atoms with Gasteiger partial charge in [-0.15, -0.1) is 0 Å². The van der Waals surface area contributed by atoms with E-state index < -0.39 is 47.6 Å². The number of carbonyl (C=O) groups is 3. The van der Waals surface area contributed by atoms with Gasteiger partial charge in [0, 0.05) is 12.8 Å². The summed E-state index contributed by atoms with van der Waals surface area (Å²) in [6, 6.07) is 0. The number of esters is 3. The molecule has 25 heavy (non-hydrogen) atoms. The summed E-state index contributed by atoms with van der Waals surface area (Å²) >= 11 is 0. The topological polar surface area (TPSA) is 107 Å². The van der Waals surface area contributed by atoms with Gasteiger partial charge in [-0.1, -0.05) is 6.42 Å². The zero-order valence-electron chi connectivity index (χ0n) is 14.4. The zero-order chi connectivity index (χ0) is 18.2. The molecule has 1 spiro atoms. The largest absolute Gasteiger partial charge is 0.467 e. The van der Waals surface area contributed by atoms with Crippen molar-refractivity contribution in [3.05, 3.63) is 0 Å².